The van der Waals surface area contributed by atoms with Gasteiger partial charge >= 0.3 is 0 Å². The number of benzene rings is 1. The molecule has 120 valence electrons. The summed E-state index contributed by atoms with van der Waals surface area (Å²) in [5.41, 5.74) is 1.88. The van der Waals surface area contributed by atoms with E-state index in [1.165, 1.54) is 13.1 Å². The maximum atomic E-state index is 13.3. The third-order valence-electron chi connectivity index (χ3n) is 2.62. The normalized spacial score (nSPS) is 10.8. The molecule has 0 aliphatic carbocycles. The number of halogens is 4. The Balaban J connectivity index is 2.12. The Labute approximate surface area is 128 Å². The van der Waals surface area contributed by atoms with Crippen molar-refractivity contribution in [2.24, 2.45) is 5.10 Å². The topological polar surface area (TPSA) is 66.4 Å². The molecule has 0 aliphatic heterocycles. The number of anilines is 2. The summed E-state index contributed by atoms with van der Waals surface area (Å²) in [6.45, 7) is 1.36. The summed E-state index contributed by atoms with van der Waals surface area (Å²) in [5.74, 6) is -7.15. The zero-order chi connectivity index (χ0) is 17.0. The van der Waals surface area contributed by atoms with Crippen LogP contribution in [0.5, 0.6) is 0 Å². The Bertz CT molecular complexity index is 736. The number of nitrogens with zero attached hydrogens (tertiary/aromatic N) is 2. The van der Waals surface area contributed by atoms with Crippen LogP contribution in [0.25, 0.3) is 0 Å². The number of carbonyl (C=O) groups is 1. The quantitative estimate of drug-likeness (QED) is 0.393. The second kappa shape index (κ2) is 6.86. The van der Waals surface area contributed by atoms with Gasteiger partial charge in [0, 0.05) is 12.6 Å². The Morgan fingerprint density at radius 1 is 1.09 bits per heavy atom. The molecule has 0 bridgehead atoms. The van der Waals surface area contributed by atoms with Crippen LogP contribution in [0.4, 0.5) is 28.9 Å². The largest absolute Gasteiger partial charge is 0.326 e. The molecule has 1 aromatic heterocycles. The first kappa shape index (κ1) is 16.4. The number of rotatable bonds is 4. The lowest BCUT2D eigenvalue weighted by Gasteiger charge is -2.05. The van der Waals surface area contributed by atoms with Gasteiger partial charge in [-0.2, -0.15) is 27.6 Å². The Hall–Kier alpha value is -2.97. The molecule has 9 heteroatoms. The van der Waals surface area contributed by atoms with Crippen LogP contribution >= 0.6 is 0 Å². The van der Waals surface area contributed by atoms with Gasteiger partial charge in [-0.05, 0) is 17.7 Å². The molecule has 0 spiro atoms. The monoisotopic (exact) mass is 326 g/mol. The van der Waals surface area contributed by atoms with Crippen molar-refractivity contribution >= 4 is 23.5 Å². The van der Waals surface area contributed by atoms with Crippen LogP contribution in [0.15, 0.2) is 29.4 Å². The Kier molecular flexibility index (Phi) is 4.89. The second-order valence-corrected chi connectivity index (χ2v) is 4.37. The number of hydrogen-bond acceptors (Lipinski definition) is 4. The standard InChI is InChI=1S/C14H10F4N4O/c1-7(23)20-9-4-2-8(3-5-9)6-19-22-12-10(15)13(17)21-14(18)11(12)16/h2-6H,1H3,(H,20,23)(H,21,22)/b19-6-. The second-order valence-electron chi connectivity index (χ2n) is 4.37. The van der Waals surface area contributed by atoms with E-state index < -0.39 is 29.2 Å². The molecule has 0 atom stereocenters. The fourth-order valence-electron chi connectivity index (χ4n) is 1.61. The molecule has 2 aromatic rings. The van der Waals surface area contributed by atoms with Crippen LogP contribution in [0.3, 0.4) is 0 Å². The van der Waals surface area contributed by atoms with E-state index in [0.717, 1.165) is 0 Å². The molecule has 0 saturated carbocycles. The van der Waals surface area contributed by atoms with E-state index in [2.05, 4.69) is 15.4 Å². The zero-order valence-corrected chi connectivity index (χ0v) is 11.7. The summed E-state index contributed by atoms with van der Waals surface area (Å²) in [6.07, 6.45) is 1.17. The molecule has 0 unspecified atom stereocenters. The first-order valence-corrected chi connectivity index (χ1v) is 6.25. The van der Waals surface area contributed by atoms with Crippen molar-refractivity contribution in [1.82, 2.24) is 4.98 Å². The van der Waals surface area contributed by atoms with E-state index in [0.29, 0.717) is 11.3 Å². The van der Waals surface area contributed by atoms with Gasteiger partial charge in [0.2, 0.25) is 17.5 Å². The summed E-state index contributed by atoms with van der Waals surface area (Å²) in [7, 11) is 0. The molecule has 1 amide bonds. The van der Waals surface area contributed by atoms with E-state index in [4.69, 9.17) is 0 Å². The van der Waals surface area contributed by atoms with Crippen molar-refractivity contribution < 1.29 is 22.4 Å². The predicted molar refractivity (Wildman–Crippen MR) is 76.0 cm³/mol. The van der Waals surface area contributed by atoms with Crippen LogP contribution in [-0.4, -0.2) is 17.1 Å². The van der Waals surface area contributed by atoms with Gasteiger partial charge in [-0.25, -0.2) is 0 Å². The lowest BCUT2D eigenvalue weighted by molar-refractivity contribution is -0.114. The molecule has 0 radical (unpaired) electrons. The van der Waals surface area contributed by atoms with Crippen molar-refractivity contribution in [3.8, 4) is 0 Å². The van der Waals surface area contributed by atoms with E-state index >= 15 is 0 Å². The summed E-state index contributed by atoms with van der Waals surface area (Å²) in [4.78, 5) is 13.3. The summed E-state index contributed by atoms with van der Waals surface area (Å²) < 4.78 is 52.4. The molecule has 0 saturated heterocycles. The molecular weight excluding hydrogens is 316 g/mol. The third-order valence-corrected chi connectivity index (χ3v) is 2.62. The fourth-order valence-corrected chi connectivity index (χ4v) is 1.61. The van der Waals surface area contributed by atoms with Crippen LogP contribution in [0.1, 0.15) is 12.5 Å². The van der Waals surface area contributed by atoms with E-state index in [9.17, 15) is 22.4 Å². The van der Waals surface area contributed by atoms with Gasteiger partial charge in [0.1, 0.15) is 5.69 Å². The number of hydrazone groups is 1. The molecule has 1 aromatic carbocycles. The van der Waals surface area contributed by atoms with Gasteiger partial charge in [-0.15, -0.1) is 0 Å². The lowest BCUT2D eigenvalue weighted by atomic mass is 10.2. The minimum atomic E-state index is -1.78. The van der Waals surface area contributed by atoms with Gasteiger partial charge in [0.25, 0.3) is 11.9 Å². The van der Waals surface area contributed by atoms with Crippen LogP contribution in [-0.2, 0) is 4.79 Å². The van der Waals surface area contributed by atoms with Crippen molar-refractivity contribution in [2.45, 2.75) is 6.92 Å². The van der Waals surface area contributed by atoms with Crippen LogP contribution in [0.2, 0.25) is 0 Å². The van der Waals surface area contributed by atoms with E-state index in [-0.39, 0.29) is 5.91 Å². The summed E-state index contributed by atoms with van der Waals surface area (Å²) in [5, 5.41) is 6.06. The number of pyridine rings is 1. The third kappa shape index (κ3) is 4.02. The highest BCUT2D eigenvalue weighted by Gasteiger charge is 2.20. The highest BCUT2D eigenvalue weighted by molar-refractivity contribution is 5.89. The summed E-state index contributed by atoms with van der Waals surface area (Å²) >= 11 is 0. The maximum absolute atomic E-state index is 13.3. The average molecular weight is 326 g/mol. The highest BCUT2D eigenvalue weighted by atomic mass is 19.2. The first-order valence-electron chi connectivity index (χ1n) is 6.25. The van der Waals surface area contributed by atoms with Crippen LogP contribution < -0.4 is 10.7 Å². The zero-order valence-electron chi connectivity index (χ0n) is 11.7. The van der Waals surface area contributed by atoms with Crippen molar-refractivity contribution in [1.29, 1.82) is 0 Å². The molecule has 23 heavy (non-hydrogen) atoms. The number of carbonyl (C=O) groups excluding carboxylic acids is 1. The maximum Gasteiger partial charge on any atom is 0.254 e. The smallest absolute Gasteiger partial charge is 0.254 e. The Morgan fingerprint density at radius 2 is 1.65 bits per heavy atom. The van der Waals surface area contributed by atoms with Crippen molar-refractivity contribution in [3.63, 3.8) is 0 Å². The van der Waals surface area contributed by atoms with Crippen LogP contribution in [0, 0.1) is 23.5 Å². The molecule has 1 heterocycles. The van der Waals surface area contributed by atoms with Gasteiger partial charge in [0.15, 0.2) is 0 Å². The first-order chi connectivity index (χ1) is 10.9. The number of amides is 1. The number of hydrogen-bond donors (Lipinski definition) is 2. The fraction of sp³-hybridized carbons (Fsp3) is 0.0714. The molecule has 0 fully saturated rings. The molecule has 5 nitrogen and oxygen atoms in total. The van der Waals surface area contributed by atoms with Gasteiger partial charge < -0.3 is 5.32 Å². The average Bonchev–Trinajstić information content (AvgIpc) is 2.50. The minimum Gasteiger partial charge on any atom is -0.326 e. The number of nitrogens with one attached hydrogen (secondary N) is 2. The van der Waals surface area contributed by atoms with E-state index in [1.807, 2.05) is 5.43 Å². The van der Waals surface area contributed by atoms with Crippen molar-refractivity contribution in [2.75, 3.05) is 10.7 Å². The molecule has 0 aliphatic rings. The lowest BCUT2D eigenvalue weighted by Crippen LogP contribution is -2.06. The van der Waals surface area contributed by atoms with E-state index in [1.54, 1.807) is 24.3 Å². The van der Waals surface area contributed by atoms with Gasteiger partial charge in [-0.3, -0.25) is 10.2 Å². The Morgan fingerprint density at radius 3 is 2.17 bits per heavy atom. The predicted octanol–water partition coefficient (Wildman–Crippen LogP) is 3.04. The molecular formula is C14H10F4N4O. The molecule has 2 rings (SSSR count). The van der Waals surface area contributed by atoms with Gasteiger partial charge in [0.05, 0.1) is 6.21 Å². The molecule has 2 N–H and O–H groups in total. The van der Waals surface area contributed by atoms with Gasteiger partial charge in [-0.1, -0.05) is 12.1 Å². The highest BCUT2D eigenvalue weighted by Crippen LogP contribution is 2.21. The number of aromatic nitrogens is 1. The summed E-state index contributed by atoms with van der Waals surface area (Å²) in [6, 6.07) is 6.29. The minimum absolute atomic E-state index is 0.235. The van der Waals surface area contributed by atoms with Crippen molar-refractivity contribution in [3.05, 3.63) is 53.4 Å². The SMILES string of the molecule is CC(=O)Nc1ccc(/C=N\Nc2c(F)c(F)nc(F)c2F)cc1.